The van der Waals surface area contributed by atoms with Gasteiger partial charge in [-0.05, 0) is 6.26 Å². The standard InChI is InChI=1S/C5H3O2.ClH.Mg/c6-5-3-1-2-4-7-5;;/h1-3H;1H;/q-1;;+2/p-1. The summed E-state index contributed by atoms with van der Waals surface area (Å²) in [4.78, 5) is 10.1. The Morgan fingerprint density at radius 3 is 2.44 bits per heavy atom. The van der Waals surface area contributed by atoms with Crippen LogP contribution >= 0.6 is 0 Å². The van der Waals surface area contributed by atoms with Crippen LogP contribution in [0.4, 0.5) is 0 Å². The summed E-state index contributed by atoms with van der Waals surface area (Å²) in [5.74, 6) is 0. The first-order valence-electron chi connectivity index (χ1n) is 1.86. The maximum atomic E-state index is 10.1. The van der Waals surface area contributed by atoms with Crippen molar-refractivity contribution in [2.75, 3.05) is 0 Å². The predicted molar refractivity (Wildman–Crippen MR) is 29.6 cm³/mol. The molecule has 0 saturated carbocycles. The molecule has 0 N–H and O–H groups in total. The molecule has 1 rings (SSSR count). The van der Waals surface area contributed by atoms with Gasteiger partial charge in [0.05, 0.1) is 0 Å². The molecule has 0 bridgehead atoms. The summed E-state index contributed by atoms with van der Waals surface area (Å²) >= 11 is 0. The van der Waals surface area contributed by atoms with Crippen LogP contribution in [-0.2, 0) is 0 Å². The quantitative estimate of drug-likeness (QED) is 0.296. The molecule has 2 nitrogen and oxygen atoms in total. The number of halogens is 1. The Hall–Kier alpha value is 0.00623. The normalized spacial score (nSPS) is 6.67. The zero-order chi connectivity index (χ0) is 5.11. The number of hydrogen-bond donors (Lipinski definition) is 0. The van der Waals surface area contributed by atoms with Gasteiger partial charge in [-0.3, -0.25) is 0 Å². The van der Waals surface area contributed by atoms with Gasteiger partial charge in [-0.15, -0.1) is 6.07 Å². The second-order valence-corrected chi connectivity index (χ2v) is 1.06. The zero-order valence-electron chi connectivity index (χ0n) is 4.63. The smallest absolute Gasteiger partial charge is 1.00 e. The summed E-state index contributed by atoms with van der Waals surface area (Å²) in [6.45, 7) is 0. The molecular formula is C5H3ClMgO2. The third-order valence-corrected chi connectivity index (χ3v) is 0.556. The van der Waals surface area contributed by atoms with Gasteiger partial charge in [-0.25, -0.2) is 0 Å². The van der Waals surface area contributed by atoms with Gasteiger partial charge in [-0.2, -0.15) is 6.07 Å². The van der Waals surface area contributed by atoms with E-state index in [9.17, 15) is 4.79 Å². The molecule has 0 aromatic carbocycles. The summed E-state index contributed by atoms with van der Waals surface area (Å²) in [5.41, 5.74) is -0.359. The van der Waals surface area contributed by atoms with Crippen molar-refractivity contribution in [3.63, 3.8) is 0 Å². The summed E-state index contributed by atoms with van der Waals surface area (Å²) in [5, 5.41) is 0. The Morgan fingerprint density at radius 1 is 1.56 bits per heavy atom. The van der Waals surface area contributed by atoms with E-state index in [0.717, 1.165) is 0 Å². The van der Waals surface area contributed by atoms with E-state index in [1.165, 1.54) is 12.1 Å². The molecule has 4 heteroatoms. The molecule has 0 fully saturated rings. The van der Waals surface area contributed by atoms with Crippen LogP contribution in [-0.4, -0.2) is 23.1 Å². The van der Waals surface area contributed by atoms with Crippen molar-refractivity contribution in [3.8, 4) is 0 Å². The second-order valence-electron chi connectivity index (χ2n) is 1.06. The SMILES string of the molecule is O=c1ccc[c-]o1.[Cl-].[Mg+2]. The molecule has 0 atom stereocenters. The van der Waals surface area contributed by atoms with Crippen LogP contribution < -0.4 is 18.0 Å². The van der Waals surface area contributed by atoms with Crippen molar-refractivity contribution < 1.29 is 16.8 Å². The monoisotopic (exact) mass is 154 g/mol. The Morgan fingerprint density at radius 2 is 2.22 bits per heavy atom. The van der Waals surface area contributed by atoms with Gasteiger partial charge in [0.25, 0.3) is 0 Å². The van der Waals surface area contributed by atoms with Crippen molar-refractivity contribution in [1.82, 2.24) is 0 Å². The van der Waals surface area contributed by atoms with Gasteiger partial charge in [0, 0.05) is 0 Å². The topological polar surface area (TPSA) is 30.2 Å². The van der Waals surface area contributed by atoms with Crippen LogP contribution in [0.15, 0.2) is 27.4 Å². The molecular weight excluding hydrogens is 152 g/mol. The summed E-state index contributed by atoms with van der Waals surface area (Å²) in [6.07, 6.45) is 2.27. The molecule has 0 saturated heterocycles. The van der Waals surface area contributed by atoms with Crippen molar-refractivity contribution >= 4 is 23.1 Å². The molecule has 0 aliphatic rings. The molecule has 1 heterocycles. The molecule has 1 aromatic rings. The maximum Gasteiger partial charge on any atom is 2.00 e. The molecule has 44 valence electrons. The van der Waals surface area contributed by atoms with Crippen molar-refractivity contribution in [1.29, 1.82) is 0 Å². The van der Waals surface area contributed by atoms with Gasteiger partial charge in [0.2, 0.25) is 5.63 Å². The Kier molecular flexibility index (Phi) is 8.01. The van der Waals surface area contributed by atoms with Crippen LogP contribution in [0.1, 0.15) is 0 Å². The first kappa shape index (κ1) is 11.8. The average Bonchev–Trinajstić information content (AvgIpc) is 1.69. The van der Waals surface area contributed by atoms with Gasteiger partial charge in [0.1, 0.15) is 0 Å². The van der Waals surface area contributed by atoms with Crippen LogP contribution in [0.3, 0.4) is 0 Å². The van der Waals surface area contributed by atoms with Crippen LogP contribution in [0.2, 0.25) is 0 Å². The summed E-state index contributed by atoms with van der Waals surface area (Å²) < 4.78 is 4.25. The first-order chi connectivity index (χ1) is 3.39. The van der Waals surface area contributed by atoms with E-state index in [4.69, 9.17) is 0 Å². The predicted octanol–water partition coefficient (Wildman–Crippen LogP) is -2.94. The van der Waals surface area contributed by atoms with Crippen molar-refractivity contribution in [2.45, 2.75) is 0 Å². The maximum absolute atomic E-state index is 10.1. The fourth-order valence-corrected chi connectivity index (χ4v) is 0.292. The Balaban J connectivity index is 0. The number of rotatable bonds is 0. The third-order valence-electron chi connectivity index (χ3n) is 0.556. The van der Waals surface area contributed by atoms with Gasteiger partial charge >= 0.3 is 23.1 Å². The van der Waals surface area contributed by atoms with Crippen molar-refractivity contribution in [2.24, 2.45) is 0 Å². The summed E-state index contributed by atoms with van der Waals surface area (Å²) in [7, 11) is 0. The van der Waals surface area contributed by atoms with Gasteiger partial charge in [0.15, 0.2) is 0 Å². The fourth-order valence-electron chi connectivity index (χ4n) is 0.292. The molecule has 9 heavy (non-hydrogen) atoms. The Labute approximate surface area is 74.8 Å². The van der Waals surface area contributed by atoms with Gasteiger partial charge < -0.3 is 21.6 Å². The molecule has 0 radical (unpaired) electrons. The van der Waals surface area contributed by atoms with E-state index in [-0.39, 0.29) is 41.1 Å². The average molecular weight is 155 g/mol. The van der Waals surface area contributed by atoms with E-state index in [1.807, 2.05) is 0 Å². The van der Waals surface area contributed by atoms with E-state index in [0.29, 0.717) is 0 Å². The fraction of sp³-hybridized carbons (Fsp3) is 0. The second kappa shape index (κ2) is 6.13. The van der Waals surface area contributed by atoms with Crippen molar-refractivity contribution in [3.05, 3.63) is 34.9 Å². The first-order valence-corrected chi connectivity index (χ1v) is 1.86. The molecule has 0 aliphatic heterocycles. The minimum absolute atomic E-state index is 0. The van der Waals surface area contributed by atoms with E-state index in [1.54, 1.807) is 6.07 Å². The van der Waals surface area contributed by atoms with Crippen LogP contribution in [0.5, 0.6) is 0 Å². The summed E-state index contributed by atoms with van der Waals surface area (Å²) in [6, 6.07) is 4.43. The minimum Gasteiger partial charge on any atom is -1.00 e. The van der Waals surface area contributed by atoms with E-state index >= 15 is 0 Å². The number of hydrogen-bond acceptors (Lipinski definition) is 2. The molecule has 0 spiro atoms. The van der Waals surface area contributed by atoms with E-state index in [2.05, 4.69) is 10.7 Å². The zero-order valence-corrected chi connectivity index (χ0v) is 6.80. The molecule has 0 unspecified atom stereocenters. The third kappa shape index (κ3) is 4.51. The van der Waals surface area contributed by atoms with Crippen LogP contribution in [0, 0.1) is 6.26 Å². The molecule has 0 amide bonds. The molecule has 1 aromatic heterocycles. The Bertz CT molecular complexity index is 181. The largest absolute Gasteiger partial charge is 2.00 e. The van der Waals surface area contributed by atoms with E-state index < -0.39 is 0 Å². The molecule has 0 aliphatic carbocycles. The van der Waals surface area contributed by atoms with Gasteiger partial charge in [-0.1, -0.05) is 6.07 Å². The van der Waals surface area contributed by atoms with Crippen LogP contribution in [0.25, 0.3) is 0 Å². The minimum atomic E-state index is -0.359.